The van der Waals surface area contributed by atoms with Crippen LogP contribution in [0.5, 0.6) is 0 Å². The average molecular weight is 266 g/mol. The van der Waals surface area contributed by atoms with Crippen LogP contribution in [0.25, 0.3) is 0 Å². The first-order chi connectivity index (χ1) is 8.66. The number of nitrogens with zero attached hydrogens (tertiary/aromatic N) is 2. The number of anilines is 1. The van der Waals surface area contributed by atoms with E-state index in [4.69, 9.17) is 11.6 Å². The van der Waals surface area contributed by atoms with Crippen LogP contribution in [0.3, 0.4) is 0 Å². The molecular weight excluding hydrogens is 253 g/mol. The van der Waals surface area contributed by atoms with Crippen molar-refractivity contribution in [3.05, 3.63) is 52.7 Å². The summed E-state index contributed by atoms with van der Waals surface area (Å²) in [5, 5.41) is 3.64. The Kier molecular flexibility index (Phi) is 4.10. The third-order valence-electron chi connectivity index (χ3n) is 2.64. The van der Waals surface area contributed by atoms with E-state index < -0.39 is 0 Å². The first-order valence-corrected chi connectivity index (χ1v) is 6.00. The molecule has 0 saturated carbocycles. The van der Waals surface area contributed by atoms with Crippen LogP contribution in [0.4, 0.5) is 10.2 Å². The Morgan fingerprint density at radius 3 is 2.67 bits per heavy atom. The standard InChI is InChI=1S/C13H13ClFN3/c1-9-12(14)17-8-18-13(9)16-7-6-10-2-4-11(15)5-3-10/h2-5,8H,6-7H2,1H3,(H,16,17,18). The van der Waals surface area contributed by atoms with Crippen molar-refractivity contribution in [2.75, 3.05) is 11.9 Å². The fourth-order valence-electron chi connectivity index (χ4n) is 1.58. The maximum atomic E-state index is 12.7. The van der Waals surface area contributed by atoms with Crippen LogP contribution in [0.1, 0.15) is 11.1 Å². The molecule has 1 aromatic heterocycles. The van der Waals surface area contributed by atoms with Crippen molar-refractivity contribution in [3.8, 4) is 0 Å². The largest absolute Gasteiger partial charge is 0.369 e. The third-order valence-corrected chi connectivity index (χ3v) is 3.02. The predicted octanol–water partition coefficient (Wildman–Crippen LogP) is 3.23. The minimum Gasteiger partial charge on any atom is -0.369 e. The van der Waals surface area contributed by atoms with Crippen molar-refractivity contribution in [2.45, 2.75) is 13.3 Å². The minimum atomic E-state index is -0.217. The number of hydrogen-bond donors (Lipinski definition) is 1. The number of nitrogens with one attached hydrogen (secondary N) is 1. The Balaban J connectivity index is 1.92. The first-order valence-electron chi connectivity index (χ1n) is 5.62. The molecule has 0 radical (unpaired) electrons. The molecule has 0 saturated heterocycles. The van der Waals surface area contributed by atoms with Gasteiger partial charge in [0.25, 0.3) is 0 Å². The Morgan fingerprint density at radius 2 is 1.94 bits per heavy atom. The van der Waals surface area contributed by atoms with Gasteiger partial charge >= 0.3 is 0 Å². The zero-order chi connectivity index (χ0) is 13.0. The molecule has 0 aliphatic heterocycles. The Morgan fingerprint density at radius 1 is 1.22 bits per heavy atom. The minimum absolute atomic E-state index is 0.217. The SMILES string of the molecule is Cc1c(Cl)ncnc1NCCc1ccc(F)cc1. The van der Waals surface area contributed by atoms with Gasteiger partial charge in [-0.3, -0.25) is 0 Å². The lowest BCUT2D eigenvalue weighted by Gasteiger charge is -2.08. The van der Waals surface area contributed by atoms with Gasteiger partial charge in [-0.1, -0.05) is 23.7 Å². The van der Waals surface area contributed by atoms with Crippen LogP contribution in [0, 0.1) is 12.7 Å². The highest BCUT2D eigenvalue weighted by Crippen LogP contribution is 2.17. The van der Waals surface area contributed by atoms with Gasteiger partial charge in [0.05, 0.1) is 0 Å². The maximum absolute atomic E-state index is 12.7. The highest BCUT2D eigenvalue weighted by molar-refractivity contribution is 6.30. The maximum Gasteiger partial charge on any atom is 0.137 e. The molecule has 0 aliphatic carbocycles. The van der Waals surface area contributed by atoms with E-state index in [2.05, 4.69) is 15.3 Å². The molecule has 0 aliphatic rings. The zero-order valence-corrected chi connectivity index (χ0v) is 10.7. The topological polar surface area (TPSA) is 37.8 Å². The third kappa shape index (κ3) is 3.17. The number of hydrogen-bond acceptors (Lipinski definition) is 3. The summed E-state index contributed by atoms with van der Waals surface area (Å²) >= 11 is 5.89. The van der Waals surface area contributed by atoms with Gasteiger partial charge < -0.3 is 5.32 Å². The zero-order valence-electron chi connectivity index (χ0n) is 9.95. The monoisotopic (exact) mass is 265 g/mol. The highest BCUT2D eigenvalue weighted by atomic mass is 35.5. The smallest absolute Gasteiger partial charge is 0.137 e. The highest BCUT2D eigenvalue weighted by Gasteiger charge is 2.03. The average Bonchev–Trinajstić information content (AvgIpc) is 2.37. The van der Waals surface area contributed by atoms with Crippen molar-refractivity contribution < 1.29 is 4.39 Å². The van der Waals surface area contributed by atoms with Crippen molar-refractivity contribution in [2.24, 2.45) is 0 Å². The summed E-state index contributed by atoms with van der Waals surface area (Å²) in [5.74, 6) is 0.516. The number of rotatable bonds is 4. The molecule has 18 heavy (non-hydrogen) atoms. The summed E-state index contributed by atoms with van der Waals surface area (Å²) in [5.41, 5.74) is 1.90. The van der Waals surface area contributed by atoms with Gasteiger partial charge in [-0.25, -0.2) is 14.4 Å². The van der Waals surface area contributed by atoms with Gasteiger partial charge in [0.2, 0.25) is 0 Å². The molecule has 0 unspecified atom stereocenters. The van der Waals surface area contributed by atoms with Crippen LogP contribution in [-0.2, 0) is 6.42 Å². The van der Waals surface area contributed by atoms with E-state index in [9.17, 15) is 4.39 Å². The molecule has 0 amide bonds. The van der Waals surface area contributed by atoms with Gasteiger partial charge in [0.1, 0.15) is 23.1 Å². The number of aromatic nitrogens is 2. The molecule has 1 heterocycles. The molecule has 0 spiro atoms. The van der Waals surface area contributed by atoms with E-state index in [0.29, 0.717) is 11.7 Å². The van der Waals surface area contributed by atoms with Crippen LogP contribution in [-0.4, -0.2) is 16.5 Å². The van der Waals surface area contributed by atoms with Crippen molar-refractivity contribution in [3.63, 3.8) is 0 Å². The molecule has 0 fully saturated rings. The van der Waals surface area contributed by atoms with Gasteiger partial charge in [-0.15, -0.1) is 0 Å². The van der Waals surface area contributed by atoms with Gasteiger partial charge in [-0.2, -0.15) is 0 Å². The lowest BCUT2D eigenvalue weighted by molar-refractivity contribution is 0.627. The van der Waals surface area contributed by atoms with E-state index in [-0.39, 0.29) is 5.82 Å². The van der Waals surface area contributed by atoms with Gasteiger partial charge in [0, 0.05) is 12.1 Å². The molecule has 5 heteroatoms. The lowest BCUT2D eigenvalue weighted by Crippen LogP contribution is -2.08. The van der Waals surface area contributed by atoms with E-state index in [1.807, 2.05) is 6.92 Å². The Hall–Kier alpha value is -1.68. The molecule has 1 N–H and O–H groups in total. The first kappa shape index (κ1) is 12.8. The summed E-state index contributed by atoms with van der Waals surface area (Å²) in [4.78, 5) is 8.01. The molecule has 1 aromatic carbocycles. The lowest BCUT2D eigenvalue weighted by atomic mass is 10.1. The second-order valence-electron chi connectivity index (χ2n) is 3.94. The van der Waals surface area contributed by atoms with Crippen molar-refractivity contribution >= 4 is 17.4 Å². The van der Waals surface area contributed by atoms with E-state index >= 15 is 0 Å². The van der Waals surface area contributed by atoms with E-state index in [1.165, 1.54) is 18.5 Å². The molecule has 0 bridgehead atoms. The van der Waals surface area contributed by atoms with Crippen molar-refractivity contribution in [1.82, 2.24) is 9.97 Å². The normalized spacial score (nSPS) is 10.4. The summed E-state index contributed by atoms with van der Waals surface area (Å²) in [7, 11) is 0. The molecule has 2 rings (SSSR count). The quantitative estimate of drug-likeness (QED) is 0.863. The van der Waals surface area contributed by atoms with Gasteiger partial charge in [0.15, 0.2) is 0 Å². The second-order valence-corrected chi connectivity index (χ2v) is 4.30. The molecule has 2 aromatic rings. The fourth-order valence-corrected chi connectivity index (χ4v) is 1.72. The summed E-state index contributed by atoms with van der Waals surface area (Å²) in [6.45, 7) is 2.57. The summed E-state index contributed by atoms with van der Waals surface area (Å²) in [6, 6.07) is 6.47. The van der Waals surface area contributed by atoms with Crippen LogP contribution in [0.2, 0.25) is 5.15 Å². The molecule has 94 valence electrons. The molecule has 0 atom stereocenters. The number of benzene rings is 1. The molecule has 3 nitrogen and oxygen atoms in total. The van der Waals surface area contributed by atoms with Gasteiger partial charge in [-0.05, 0) is 31.0 Å². The van der Waals surface area contributed by atoms with Crippen LogP contribution in [0.15, 0.2) is 30.6 Å². The van der Waals surface area contributed by atoms with Crippen molar-refractivity contribution in [1.29, 1.82) is 0 Å². The summed E-state index contributed by atoms with van der Waals surface area (Å²) < 4.78 is 12.7. The fraction of sp³-hybridized carbons (Fsp3) is 0.231. The Labute approximate surface area is 110 Å². The van der Waals surface area contributed by atoms with Crippen LogP contribution >= 0.6 is 11.6 Å². The molecular formula is C13H13ClFN3. The number of halogens is 2. The van der Waals surface area contributed by atoms with E-state index in [1.54, 1.807) is 12.1 Å². The second kappa shape index (κ2) is 5.78. The predicted molar refractivity (Wildman–Crippen MR) is 70.4 cm³/mol. The Bertz CT molecular complexity index is 528. The summed E-state index contributed by atoms with van der Waals surface area (Å²) in [6.07, 6.45) is 2.22. The van der Waals surface area contributed by atoms with Crippen LogP contribution < -0.4 is 5.32 Å². The van der Waals surface area contributed by atoms with E-state index in [0.717, 1.165) is 23.4 Å².